The molecule has 0 aliphatic carbocycles. The molecule has 170 valence electrons. The zero-order valence-electron chi connectivity index (χ0n) is 19.2. The number of fused-ring (bicyclic) bond motifs is 1. The molecule has 32 heavy (non-hydrogen) atoms. The van der Waals surface area contributed by atoms with Crippen LogP contribution in [-0.2, 0) is 22.3 Å². The highest BCUT2D eigenvalue weighted by atomic mass is 35.5. The first-order valence-corrected chi connectivity index (χ1v) is 11.4. The lowest BCUT2D eigenvalue weighted by Gasteiger charge is -2.21. The Morgan fingerprint density at radius 2 is 2.03 bits per heavy atom. The lowest BCUT2D eigenvalue weighted by Crippen LogP contribution is -2.25. The van der Waals surface area contributed by atoms with Crippen LogP contribution in [0.3, 0.4) is 0 Å². The summed E-state index contributed by atoms with van der Waals surface area (Å²) in [5.41, 5.74) is 4.23. The number of rotatable bonds is 6. The Balaban J connectivity index is 1.89. The summed E-state index contributed by atoms with van der Waals surface area (Å²) in [5, 5.41) is 1.07. The third-order valence-electron chi connectivity index (χ3n) is 5.71. The number of pyridine rings is 2. The molecule has 0 spiro atoms. The van der Waals surface area contributed by atoms with Crippen molar-refractivity contribution in [3.05, 3.63) is 62.5 Å². The fourth-order valence-corrected chi connectivity index (χ4v) is 4.46. The van der Waals surface area contributed by atoms with Gasteiger partial charge in [-0.25, -0.2) is 4.98 Å². The zero-order chi connectivity index (χ0) is 23.0. The van der Waals surface area contributed by atoms with Gasteiger partial charge in [-0.05, 0) is 51.3 Å². The molecule has 0 N–H and O–H groups in total. The van der Waals surface area contributed by atoms with Crippen molar-refractivity contribution < 1.29 is 14.2 Å². The average Bonchev–Trinajstić information content (AvgIpc) is 3.11. The Bertz CT molecular complexity index is 1220. The minimum Gasteiger partial charge on any atom is -0.474 e. The van der Waals surface area contributed by atoms with E-state index in [9.17, 15) is 4.79 Å². The van der Waals surface area contributed by atoms with Crippen LogP contribution in [-0.4, -0.2) is 34.7 Å². The van der Waals surface area contributed by atoms with Crippen LogP contribution in [0, 0.1) is 6.92 Å². The zero-order valence-corrected chi connectivity index (χ0v) is 20.0. The van der Waals surface area contributed by atoms with Gasteiger partial charge in [0.25, 0.3) is 0 Å². The molecule has 0 radical (unpaired) electrons. The number of ether oxygens (including phenoxy) is 3. The Morgan fingerprint density at radius 3 is 2.69 bits per heavy atom. The third kappa shape index (κ3) is 4.27. The van der Waals surface area contributed by atoms with Crippen molar-refractivity contribution in [2.24, 2.45) is 0 Å². The van der Waals surface area contributed by atoms with E-state index in [2.05, 4.69) is 18.0 Å². The van der Waals surface area contributed by atoms with Gasteiger partial charge in [-0.1, -0.05) is 37.6 Å². The highest BCUT2D eigenvalue weighted by molar-refractivity contribution is 6.32. The van der Waals surface area contributed by atoms with Gasteiger partial charge in [0, 0.05) is 17.5 Å². The Kier molecular flexibility index (Phi) is 6.30. The minimum absolute atomic E-state index is 0.132. The highest BCUT2D eigenvalue weighted by Gasteiger charge is 2.33. The van der Waals surface area contributed by atoms with Crippen LogP contribution in [0.2, 0.25) is 5.02 Å². The van der Waals surface area contributed by atoms with E-state index in [-0.39, 0.29) is 18.1 Å². The van der Waals surface area contributed by atoms with Crippen molar-refractivity contribution >= 4 is 22.5 Å². The largest absolute Gasteiger partial charge is 0.474 e. The normalized spacial score (nSPS) is 17.8. The molecular formula is C25H29ClN2O4. The van der Waals surface area contributed by atoms with E-state index in [1.807, 2.05) is 50.5 Å². The summed E-state index contributed by atoms with van der Waals surface area (Å²) in [6.07, 6.45) is 1.29. The lowest BCUT2D eigenvalue weighted by atomic mass is 10.1. The van der Waals surface area contributed by atoms with E-state index >= 15 is 0 Å². The molecule has 0 amide bonds. The summed E-state index contributed by atoms with van der Waals surface area (Å²) < 4.78 is 19.6. The summed E-state index contributed by atoms with van der Waals surface area (Å²) >= 11 is 6.67. The van der Waals surface area contributed by atoms with E-state index in [1.165, 1.54) is 0 Å². The highest BCUT2D eigenvalue weighted by Crippen LogP contribution is 2.32. The summed E-state index contributed by atoms with van der Waals surface area (Å²) in [5.74, 6) is -0.323. The van der Waals surface area contributed by atoms with E-state index in [4.69, 9.17) is 25.8 Å². The van der Waals surface area contributed by atoms with E-state index in [1.54, 1.807) is 6.07 Å². The number of aromatic nitrogens is 2. The predicted molar refractivity (Wildman–Crippen MR) is 126 cm³/mol. The predicted octanol–water partition coefficient (Wildman–Crippen LogP) is 5.00. The van der Waals surface area contributed by atoms with Gasteiger partial charge in [0.2, 0.25) is 5.88 Å². The molecule has 1 unspecified atom stereocenters. The molecule has 1 aliphatic rings. The van der Waals surface area contributed by atoms with Crippen molar-refractivity contribution in [1.29, 1.82) is 0 Å². The fraction of sp³-hybridized carbons (Fsp3) is 0.440. The molecule has 2 aromatic heterocycles. The second kappa shape index (κ2) is 8.85. The lowest BCUT2D eigenvalue weighted by molar-refractivity contribution is -0.141. The summed E-state index contributed by atoms with van der Waals surface area (Å²) in [6.45, 7) is 10.5. The van der Waals surface area contributed by atoms with Gasteiger partial charge in [-0.3, -0.25) is 4.79 Å². The van der Waals surface area contributed by atoms with Crippen LogP contribution < -0.4 is 10.2 Å². The van der Waals surface area contributed by atoms with E-state index in [0.717, 1.165) is 34.6 Å². The molecule has 7 heteroatoms. The average molecular weight is 457 g/mol. The molecule has 0 saturated carbocycles. The maximum atomic E-state index is 13.1. The number of nitrogens with zero attached hydrogens (tertiary/aromatic N) is 2. The molecule has 1 atom stereocenters. The number of aryl methyl sites for hydroxylation is 3. The van der Waals surface area contributed by atoms with Gasteiger partial charge in [0.1, 0.15) is 18.1 Å². The second-order valence-corrected chi connectivity index (χ2v) is 8.92. The smallest absolute Gasteiger partial charge is 0.227 e. The summed E-state index contributed by atoms with van der Waals surface area (Å²) in [6, 6.07) is 9.45. The molecular weight excluding hydrogens is 428 g/mol. The molecule has 6 nitrogen and oxygen atoms in total. The second-order valence-electron chi connectivity index (χ2n) is 8.51. The van der Waals surface area contributed by atoms with Gasteiger partial charge in [0.15, 0.2) is 11.2 Å². The van der Waals surface area contributed by atoms with Gasteiger partial charge < -0.3 is 18.8 Å². The van der Waals surface area contributed by atoms with Gasteiger partial charge in [-0.2, -0.15) is 0 Å². The topological polar surface area (TPSA) is 62.6 Å². The van der Waals surface area contributed by atoms with Crippen molar-refractivity contribution in [3.63, 3.8) is 0 Å². The van der Waals surface area contributed by atoms with Crippen molar-refractivity contribution in [2.75, 3.05) is 13.2 Å². The maximum absolute atomic E-state index is 13.1. The quantitative estimate of drug-likeness (QED) is 0.522. The third-order valence-corrected chi connectivity index (χ3v) is 6.01. The first kappa shape index (κ1) is 22.8. The molecule has 0 bridgehead atoms. The minimum atomic E-state index is -0.640. The molecule has 1 aliphatic heterocycles. The first-order valence-electron chi connectivity index (χ1n) is 11.0. The standard InChI is InChI=1S/C25H29ClN2O4/c1-6-16-9-8-10-19(26)23(16)28-15(3)11-21(29)22-20(28)12-17(7-2)27-24(22)30-13-18-14-31-25(4,5)32-18/h8-12,18H,6-7,13-14H2,1-5H3. The van der Waals surface area contributed by atoms with Gasteiger partial charge in [0.05, 0.1) is 22.8 Å². The number of hydrogen-bond acceptors (Lipinski definition) is 5. The number of halogens is 1. The molecule has 4 rings (SSSR count). The first-order chi connectivity index (χ1) is 15.2. The number of hydrogen-bond donors (Lipinski definition) is 0. The Morgan fingerprint density at radius 1 is 1.25 bits per heavy atom. The van der Waals surface area contributed by atoms with Crippen LogP contribution in [0.15, 0.2) is 35.1 Å². The molecule has 1 fully saturated rings. The molecule has 3 aromatic rings. The fourth-order valence-electron chi connectivity index (χ4n) is 4.18. The number of benzene rings is 1. The van der Waals surface area contributed by atoms with Crippen LogP contribution in [0.4, 0.5) is 0 Å². The van der Waals surface area contributed by atoms with Crippen LogP contribution in [0.1, 0.15) is 44.6 Å². The van der Waals surface area contributed by atoms with Crippen LogP contribution in [0.25, 0.3) is 16.6 Å². The van der Waals surface area contributed by atoms with Gasteiger partial charge >= 0.3 is 0 Å². The van der Waals surface area contributed by atoms with Crippen LogP contribution in [0.5, 0.6) is 5.88 Å². The molecule has 3 heterocycles. The van der Waals surface area contributed by atoms with E-state index in [0.29, 0.717) is 29.3 Å². The maximum Gasteiger partial charge on any atom is 0.227 e. The van der Waals surface area contributed by atoms with Crippen molar-refractivity contribution in [3.8, 4) is 11.6 Å². The monoisotopic (exact) mass is 456 g/mol. The Hall–Kier alpha value is -2.41. The van der Waals surface area contributed by atoms with E-state index < -0.39 is 5.79 Å². The van der Waals surface area contributed by atoms with Crippen molar-refractivity contribution in [1.82, 2.24) is 9.55 Å². The summed E-state index contributed by atoms with van der Waals surface area (Å²) in [4.78, 5) is 17.8. The van der Waals surface area contributed by atoms with Crippen molar-refractivity contribution in [2.45, 2.75) is 59.4 Å². The number of para-hydroxylation sites is 1. The molecule has 1 aromatic carbocycles. The Labute approximate surface area is 193 Å². The van der Waals surface area contributed by atoms with Gasteiger partial charge in [-0.15, -0.1) is 0 Å². The SMILES string of the molecule is CCc1cc2c(c(OCC3COC(C)(C)O3)n1)c(=O)cc(C)n2-c1c(Cl)cccc1CC. The molecule has 1 saturated heterocycles. The van der Waals surface area contributed by atoms with Crippen LogP contribution >= 0.6 is 11.6 Å². The summed E-state index contributed by atoms with van der Waals surface area (Å²) in [7, 11) is 0.